The minimum atomic E-state index is -0.411. The molecule has 3 heterocycles. The van der Waals surface area contributed by atoms with Gasteiger partial charge in [0, 0.05) is 18.9 Å². The van der Waals surface area contributed by atoms with Gasteiger partial charge in [-0.25, -0.2) is 4.98 Å². The summed E-state index contributed by atoms with van der Waals surface area (Å²) < 4.78 is 3.51. The lowest BCUT2D eigenvalue weighted by molar-refractivity contribution is 0.0500. The Morgan fingerprint density at radius 3 is 3.04 bits per heavy atom. The van der Waals surface area contributed by atoms with Crippen molar-refractivity contribution in [3.63, 3.8) is 0 Å². The van der Waals surface area contributed by atoms with Gasteiger partial charge in [0.2, 0.25) is 0 Å². The lowest BCUT2D eigenvalue weighted by Crippen LogP contribution is -2.31. The van der Waals surface area contributed by atoms with Crippen LogP contribution in [0.15, 0.2) is 17.6 Å². The van der Waals surface area contributed by atoms with Crippen molar-refractivity contribution < 1.29 is 5.11 Å². The van der Waals surface area contributed by atoms with Crippen LogP contribution in [0.1, 0.15) is 44.5 Å². The number of fused-ring (bicyclic) bond motifs is 3. The number of thiophene rings is 1. The van der Waals surface area contributed by atoms with E-state index in [0.717, 1.165) is 41.6 Å². The lowest BCUT2D eigenvalue weighted by atomic mass is 9.82. The molecule has 124 valence electrons. The molecule has 0 radical (unpaired) electrons. The number of imidazole rings is 1. The molecule has 3 aromatic rings. The van der Waals surface area contributed by atoms with Gasteiger partial charge in [-0.15, -0.1) is 11.3 Å². The Morgan fingerprint density at radius 2 is 2.29 bits per heavy atom. The number of rotatable bonds is 3. The molecule has 1 aliphatic carbocycles. The molecule has 0 bridgehead atoms. The predicted octanol–water partition coefficient (Wildman–Crippen LogP) is 3.82. The van der Waals surface area contributed by atoms with E-state index in [2.05, 4.69) is 27.9 Å². The summed E-state index contributed by atoms with van der Waals surface area (Å²) in [4.78, 5) is 9.29. The predicted molar refractivity (Wildman–Crippen MR) is 94.9 cm³/mol. The Bertz CT molecular complexity index is 922. The van der Waals surface area contributed by atoms with Gasteiger partial charge in [0.1, 0.15) is 11.3 Å². The van der Waals surface area contributed by atoms with Gasteiger partial charge < -0.3 is 9.67 Å². The number of aliphatic hydroxyl groups excluding tert-OH is 1. The average molecular weight is 340 g/mol. The molecule has 3 aromatic heterocycles. The molecule has 1 N–H and O–H groups in total. The molecule has 0 unspecified atom stereocenters. The normalized spacial score (nSPS) is 24.5. The number of hydrogen-bond acceptors (Lipinski definition) is 5. The molecular formula is C18H20N4OS. The molecule has 0 saturated heterocycles. The van der Waals surface area contributed by atoms with E-state index in [9.17, 15) is 5.11 Å². The van der Waals surface area contributed by atoms with Crippen LogP contribution in [-0.2, 0) is 6.42 Å². The molecule has 3 atom stereocenters. The minimum Gasteiger partial charge on any atom is -0.393 e. The summed E-state index contributed by atoms with van der Waals surface area (Å²) in [6, 6.07) is 4.49. The third-order valence-corrected chi connectivity index (χ3v) is 6.07. The van der Waals surface area contributed by atoms with E-state index in [1.54, 1.807) is 11.3 Å². The van der Waals surface area contributed by atoms with Gasteiger partial charge in [0.05, 0.1) is 34.1 Å². The summed E-state index contributed by atoms with van der Waals surface area (Å²) in [7, 11) is 0. The lowest BCUT2D eigenvalue weighted by Gasteiger charge is -2.33. The fourth-order valence-electron chi connectivity index (χ4n) is 3.95. The summed E-state index contributed by atoms with van der Waals surface area (Å²) in [6.07, 6.45) is 5.32. The number of aromatic nitrogens is 3. The van der Waals surface area contributed by atoms with E-state index >= 15 is 0 Å². The Hall–Kier alpha value is -1.97. The maximum absolute atomic E-state index is 10.5. The molecule has 4 rings (SSSR count). The molecule has 0 aliphatic heterocycles. The first-order valence-corrected chi connectivity index (χ1v) is 9.39. The second kappa shape index (κ2) is 6.15. The number of aryl methyl sites for hydroxylation is 1. The summed E-state index contributed by atoms with van der Waals surface area (Å²) in [5.74, 6) is 1.16. The third-order valence-electron chi connectivity index (χ3n) is 5.16. The molecule has 6 heteroatoms. The van der Waals surface area contributed by atoms with Crippen LogP contribution >= 0.6 is 11.3 Å². The van der Waals surface area contributed by atoms with Crippen molar-refractivity contribution in [3.05, 3.63) is 23.5 Å². The largest absolute Gasteiger partial charge is 0.393 e. The van der Waals surface area contributed by atoms with Gasteiger partial charge in [-0.3, -0.25) is 4.98 Å². The summed E-state index contributed by atoms with van der Waals surface area (Å²) in [5.41, 5.74) is 3.10. The van der Waals surface area contributed by atoms with Gasteiger partial charge in [-0.1, -0.05) is 6.92 Å². The molecule has 1 saturated carbocycles. The number of pyridine rings is 1. The van der Waals surface area contributed by atoms with E-state index in [0.29, 0.717) is 12.8 Å². The van der Waals surface area contributed by atoms with Crippen LogP contribution in [0.3, 0.4) is 0 Å². The summed E-state index contributed by atoms with van der Waals surface area (Å²) in [5, 5.41) is 21.5. The van der Waals surface area contributed by atoms with E-state index in [1.807, 2.05) is 12.3 Å². The Labute approximate surface area is 144 Å². The van der Waals surface area contributed by atoms with Gasteiger partial charge in [0.25, 0.3) is 0 Å². The van der Waals surface area contributed by atoms with Crippen LogP contribution in [-0.4, -0.2) is 25.7 Å². The van der Waals surface area contributed by atoms with Gasteiger partial charge >= 0.3 is 0 Å². The van der Waals surface area contributed by atoms with E-state index in [1.165, 1.54) is 4.70 Å². The molecule has 5 nitrogen and oxygen atoms in total. The van der Waals surface area contributed by atoms with Crippen LogP contribution in [0.25, 0.3) is 21.3 Å². The van der Waals surface area contributed by atoms with Gasteiger partial charge in [0.15, 0.2) is 0 Å². The van der Waals surface area contributed by atoms with Crippen molar-refractivity contribution in [1.82, 2.24) is 14.5 Å². The molecule has 0 aromatic carbocycles. The highest BCUT2D eigenvalue weighted by Crippen LogP contribution is 2.39. The van der Waals surface area contributed by atoms with Crippen LogP contribution < -0.4 is 0 Å². The highest BCUT2D eigenvalue weighted by molar-refractivity contribution is 7.18. The van der Waals surface area contributed by atoms with Crippen molar-refractivity contribution in [2.75, 3.05) is 0 Å². The summed E-state index contributed by atoms with van der Waals surface area (Å²) in [6.45, 7) is 2.12. The maximum Gasteiger partial charge on any atom is 0.109 e. The second-order valence-electron chi connectivity index (χ2n) is 6.54. The van der Waals surface area contributed by atoms with E-state index in [-0.39, 0.29) is 12.0 Å². The first-order chi connectivity index (χ1) is 11.7. The highest BCUT2D eigenvalue weighted by Gasteiger charge is 2.32. The SMILES string of the molecule is CCc1nc2cnc3ccsc3c2n1[C@@H]1CC[C@H](CC#N)[C@@H](O)C1. The zero-order valence-electron chi connectivity index (χ0n) is 13.6. The van der Waals surface area contributed by atoms with Gasteiger partial charge in [-0.05, 0) is 36.6 Å². The first kappa shape index (κ1) is 15.6. The van der Waals surface area contributed by atoms with Crippen LogP contribution in [0.5, 0.6) is 0 Å². The molecule has 0 spiro atoms. The Morgan fingerprint density at radius 1 is 1.42 bits per heavy atom. The van der Waals surface area contributed by atoms with Gasteiger partial charge in [-0.2, -0.15) is 5.26 Å². The molecule has 1 fully saturated rings. The second-order valence-corrected chi connectivity index (χ2v) is 7.45. The quantitative estimate of drug-likeness (QED) is 0.786. The van der Waals surface area contributed by atoms with Crippen LogP contribution in [0.4, 0.5) is 0 Å². The minimum absolute atomic E-state index is 0.106. The standard InChI is InChI=1S/C18H20N4OS/c1-2-16-21-14-10-20-13-6-8-24-18(13)17(14)22(16)12-4-3-11(5-7-19)15(23)9-12/h6,8,10-12,15,23H,2-5,9H2,1H3/t11-,12-,15+/m1/s1. The molecule has 1 aliphatic rings. The molecule has 0 amide bonds. The maximum atomic E-state index is 10.5. The fraction of sp³-hybridized carbons (Fsp3) is 0.500. The van der Waals surface area contributed by atoms with Crippen molar-refractivity contribution in [2.45, 2.75) is 51.2 Å². The van der Waals surface area contributed by atoms with Crippen molar-refractivity contribution in [3.8, 4) is 6.07 Å². The Kier molecular flexibility index (Phi) is 3.99. The zero-order chi connectivity index (χ0) is 16.7. The van der Waals surface area contributed by atoms with E-state index < -0.39 is 6.10 Å². The van der Waals surface area contributed by atoms with E-state index in [4.69, 9.17) is 10.2 Å². The fourth-order valence-corrected chi connectivity index (χ4v) is 4.84. The average Bonchev–Trinajstić information content (AvgIpc) is 3.19. The van der Waals surface area contributed by atoms with Crippen LogP contribution in [0, 0.1) is 17.2 Å². The monoisotopic (exact) mass is 340 g/mol. The number of aliphatic hydroxyl groups is 1. The number of hydrogen-bond donors (Lipinski definition) is 1. The number of nitrogens with zero attached hydrogens (tertiary/aromatic N) is 4. The summed E-state index contributed by atoms with van der Waals surface area (Å²) >= 11 is 1.70. The third kappa shape index (κ3) is 2.40. The Balaban J connectivity index is 1.81. The highest BCUT2D eigenvalue weighted by atomic mass is 32.1. The molecule has 24 heavy (non-hydrogen) atoms. The van der Waals surface area contributed by atoms with Crippen molar-refractivity contribution in [1.29, 1.82) is 5.26 Å². The smallest absolute Gasteiger partial charge is 0.109 e. The van der Waals surface area contributed by atoms with Crippen LogP contribution in [0.2, 0.25) is 0 Å². The zero-order valence-corrected chi connectivity index (χ0v) is 14.5. The van der Waals surface area contributed by atoms with Crippen molar-refractivity contribution in [2.24, 2.45) is 5.92 Å². The number of nitriles is 1. The van der Waals surface area contributed by atoms with Crippen molar-refractivity contribution >= 4 is 32.6 Å². The molecular weight excluding hydrogens is 320 g/mol. The first-order valence-electron chi connectivity index (χ1n) is 8.51. The topological polar surface area (TPSA) is 74.7 Å².